The van der Waals surface area contributed by atoms with Crippen LogP contribution < -0.4 is 19.9 Å². The Hall–Kier alpha value is -1.38. The fraction of sp³-hybridized carbons (Fsp3) is 0.611. The molecule has 0 aliphatic carbocycles. The molecule has 1 aliphatic heterocycles. The van der Waals surface area contributed by atoms with E-state index >= 15 is 0 Å². The van der Waals surface area contributed by atoms with Gasteiger partial charge in [-0.3, -0.25) is 4.99 Å². The molecule has 0 bridgehead atoms. The Balaban J connectivity index is 0.00000312. The topological polar surface area (TPSA) is 69.3 Å². The molecule has 7 heteroatoms. The number of nitrogens with two attached hydrogens (primary N) is 1. The van der Waals surface area contributed by atoms with E-state index in [0.29, 0.717) is 30.6 Å². The molecule has 25 heavy (non-hydrogen) atoms. The standard InChI is InChI=1S/C18H29N3O3.HI/c1-22-15-12-16(23-2)14-17(13-15)24-11-7-8-20-18(19)21-9-5-3-4-6-10-21;/h12-14H,3-11H2,1-2H3,(H2,19,20);1H. The maximum Gasteiger partial charge on any atom is 0.191 e. The lowest BCUT2D eigenvalue weighted by Gasteiger charge is -2.21. The summed E-state index contributed by atoms with van der Waals surface area (Å²) in [4.78, 5) is 6.67. The van der Waals surface area contributed by atoms with Crippen LogP contribution in [0.15, 0.2) is 23.2 Å². The molecule has 1 fully saturated rings. The van der Waals surface area contributed by atoms with Crippen molar-refractivity contribution in [2.24, 2.45) is 10.7 Å². The number of halogens is 1. The van der Waals surface area contributed by atoms with Crippen LogP contribution in [0.25, 0.3) is 0 Å². The SMILES string of the molecule is COc1cc(OC)cc(OCCCN=C(N)N2CCCCCC2)c1.I. The third kappa shape index (κ3) is 7.58. The summed E-state index contributed by atoms with van der Waals surface area (Å²) < 4.78 is 16.2. The van der Waals surface area contributed by atoms with E-state index in [4.69, 9.17) is 19.9 Å². The lowest BCUT2D eigenvalue weighted by Crippen LogP contribution is -2.38. The van der Waals surface area contributed by atoms with Gasteiger partial charge in [0.15, 0.2) is 5.96 Å². The second-order valence-corrected chi connectivity index (χ2v) is 5.89. The van der Waals surface area contributed by atoms with Crippen molar-refractivity contribution < 1.29 is 14.2 Å². The number of hydrogen-bond acceptors (Lipinski definition) is 4. The van der Waals surface area contributed by atoms with Crippen molar-refractivity contribution in [3.63, 3.8) is 0 Å². The number of nitrogens with zero attached hydrogens (tertiary/aromatic N) is 2. The highest BCUT2D eigenvalue weighted by molar-refractivity contribution is 14.0. The third-order valence-electron chi connectivity index (χ3n) is 4.10. The molecular weight excluding hydrogens is 433 g/mol. The van der Waals surface area contributed by atoms with Crippen molar-refractivity contribution >= 4 is 29.9 Å². The van der Waals surface area contributed by atoms with Gasteiger partial charge in [0, 0.05) is 44.3 Å². The van der Waals surface area contributed by atoms with Crippen molar-refractivity contribution in [3.8, 4) is 17.2 Å². The fourth-order valence-electron chi connectivity index (χ4n) is 2.71. The average Bonchev–Trinajstić information content (AvgIpc) is 2.90. The molecule has 2 rings (SSSR count). The Morgan fingerprint density at radius 3 is 2.12 bits per heavy atom. The summed E-state index contributed by atoms with van der Waals surface area (Å²) >= 11 is 0. The Morgan fingerprint density at radius 1 is 1.00 bits per heavy atom. The van der Waals surface area contributed by atoms with Gasteiger partial charge in [0.1, 0.15) is 17.2 Å². The Bertz CT molecular complexity index is 510. The molecule has 0 aromatic heterocycles. The second-order valence-electron chi connectivity index (χ2n) is 5.89. The monoisotopic (exact) mass is 463 g/mol. The van der Waals surface area contributed by atoms with Gasteiger partial charge in [-0.15, -0.1) is 24.0 Å². The highest BCUT2D eigenvalue weighted by Gasteiger charge is 2.10. The van der Waals surface area contributed by atoms with Crippen LogP contribution >= 0.6 is 24.0 Å². The minimum Gasteiger partial charge on any atom is -0.496 e. The molecule has 0 atom stereocenters. The van der Waals surface area contributed by atoms with E-state index in [2.05, 4.69) is 9.89 Å². The zero-order valence-corrected chi connectivity index (χ0v) is 17.5. The lowest BCUT2D eigenvalue weighted by atomic mass is 10.2. The molecule has 1 aromatic rings. The van der Waals surface area contributed by atoms with Crippen LogP contribution in [0.4, 0.5) is 0 Å². The summed E-state index contributed by atoms with van der Waals surface area (Å²) in [5.74, 6) is 2.83. The third-order valence-corrected chi connectivity index (χ3v) is 4.10. The van der Waals surface area contributed by atoms with Gasteiger partial charge in [-0.25, -0.2) is 0 Å². The summed E-state index contributed by atoms with van der Waals surface area (Å²) in [7, 11) is 3.25. The molecule has 1 heterocycles. The molecule has 2 N–H and O–H groups in total. The number of guanidine groups is 1. The number of rotatable bonds is 7. The minimum absolute atomic E-state index is 0. The van der Waals surface area contributed by atoms with Gasteiger partial charge in [0.2, 0.25) is 0 Å². The quantitative estimate of drug-likeness (QED) is 0.291. The Morgan fingerprint density at radius 2 is 1.56 bits per heavy atom. The van der Waals surface area contributed by atoms with Crippen molar-refractivity contribution in [2.75, 3.05) is 40.5 Å². The Labute approximate surface area is 167 Å². The van der Waals surface area contributed by atoms with Crippen LogP contribution in [0.5, 0.6) is 17.2 Å². The zero-order chi connectivity index (χ0) is 17.2. The first-order chi connectivity index (χ1) is 11.7. The molecule has 0 radical (unpaired) electrons. The van der Waals surface area contributed by atoms with Gasteiger partial charge in [-0.2, -0.15) is 0 Å². The summed E-state index contributed by atoms with van der Waals surface area (Å²) in [6.07, 6.45) is 5.81. The van der Waals surface area contributed by atoms with Crippen LogP contribution in [0.1, 0.15) is 32.1 Å². The van der Waals surface area contributed by atoms with Crippen molar-refractivity contribution in [3.05, 3.63) is 18.2 Å². The molecule has 1 saturated heterocycles. The smallest absolute Gasteiger partial charge is 0.191 e. The average molecular weight is 463 g/mol. The fourth-order valence-corrected chi connectivity index (χ4v) is 2.71. The minimum atomic E-state index is 0. The van der Waals surface area contributed by atoms with Crippen molar-refractivity contribution in [1.29, 1.82) is 0 Å². The highest BCUT2D eigenvalue weighted by atomic mass is 127. The highest BCUT2D eigenvalue weighted by Crippen LogP contribution is 2.27. The van der Waals surface area contributed by atoms with Gasteiger partial charge in [0.05, 0.1) is 20.8 Å². The first kappa shape index (κ1) is 21.7. The van der Waals surface area contributed by atoms with Crippen molar-refractivity contribution in [1.82, 2.24) is 4.90 Å². The maximum atomic E-state index is 6.09. The maximum absolute atomic E-state index is 6.09. The largest absolute Gasteiger partial charge is 0.496 e. The predicted octanol–water partition coefficient (Wildman–Crippen LogP) is 3.28. The van der Waals surface area contributed by atoms with Gasteiger partial charge in [0.25, 0.3) is 0 Å². The van der Waals surface area contributed by atoms with E-state index in [0.717, 1.165) is 25.3 Å². The molecule has 0 saturated carbocycles. The molecular formula is C18H30IN3O3. The van der Waals surface area contributed by atoms with Crippen LogP contribution in [0.3, 0.4) is 0 Å². The van der Waals surface area contributed by atoms with E-state index in [9.17, 15) is 0 Å². The van der Waals surface area contributed by atoms with E-state index in [1.807, 2.05) is 18.2 Å². The van der Waals surface area contributed by atoms with E-state index < -0.39 is 0 Å². The second kappa shape index (κ2) is 12.1. The molecule has 0 amide bonds. The lowest BCUT2D eigenvalue weighted by molar-refractivity contribution is 0.307. The number of aliphatic imine (C=N–C) groups is 1. The number of methoxy groups -OCH3 is 2. The van der Waals surface area contributed by atoms with Crippen LogP contribution in [0.2, 0.25) is 0 Å². The van der Waals surface area contributed by atoms with E-state index in [1.165, 1.54) is 25.7 Å². The van der Waals surface area contributed by atoms with Gasteiger partial charge in [-0.05, 0) is 12.8 Å². The van der Waals surface area contributed by atoms with Crippen molar-refractivity contribution in [2.45, 2.75) is 32.1 Å². The molecule has 0 unspecified atom stereocenters. The number of hydrogen-bond donors (Lipinski definition) is 1. The van der Waals surface area contributed by atoms with E-state index in [1.54, 1.807) is 14.2 Å². The molecule has 0 spiro atoms. The first-order valence-corrected chi connectivity index (χ1v) is 8.63. The summed E-state index contributed by atoms with van der Waals surface area (Å²) in [6.45, 7) is 3.29. The van der Waals surface area contributed by atoms with E-state index in [-0.39, 0.29) is 24.0 Å². The number of ether oxygens (including phenoxy) is 3. The molecule has 142 valence electrons. The molecule has 1 aliphatic rings. The summed E-state index contributed by atoms with van der Waals surface area (Å²) in [5, 5.41) is 0. The van der Waals surface area contributed by atoms with Gasteiger partial charge in [-0.1, -0.05) is 12.8 Å². The van der Waals surface area contributed by atoms with Gasteiger partial charge < -0.3 is 24.8 Å². The zero-order valence-electron chi connectivity index (χ0n) is 15.2. The summed E-state index contributed by atoms with van der Waals surface area (Å²) in [5.41, 5.74) is 6.09. The Kier molecular flexibility index (Phi) is 10.4. The normalized spacial score (nSPS) is 15.1. The summed E-state index contributed by atoms with van der Waals surface area (Å²) in [6, 6.07) is 5.51. The number of likely N-dealkylation sites (tertiary alicyclic amines) is 1. The molecule has 1 aromatic carbocycles. The number of benzene rings is 1. The predicted molar refractivity (Wildman–Crippen MR) is 112 cm³/mol. The van der Waals surface area contributed by atoms with Crippen LogP contribution in [-0.4, -0.2) is 51.3 Å². The van der Waals surface area contributed by atoms with Gasteiger partial charge >= 0.3 is 0 Å². The first-order valence-electron chi connectivity index (χ1n) is 8.63. The molecule has 6 nitrogen and oxygen atoms in total. The van der Waals surface area contributed by atoms with Crippen LogP contribution in [-0.2, 0) is 0 Å². The van der Waals surface area contributed by atoms with Crippen LogP contribution in [0, 0.1) is 0 Å².